The van der Waals surface area contributed by atoms with Gasteiger partial charge in [0.1, 0.15) is 11.5 Å². The van der Waals surface area contributed by atoms with Gasteiger partial charge in [-0.3, -0.25) is 9.69 Å². The van der Waals surface area contributed by atoms with E-state index in [4.69, 9.17) is 23.2 Å². The molecule has 4 rings (SSSR count). The number of carbonyl (C=O) groups is 2. The fourth-order valence-corrected chi connectivity index (χ4v) is 4.00. The molecule has 2 fully saturated rings. The molecule has 0 aromatic heterocycles. The van der Waals surface area contributed by atoms with Crippen molar-refractivity contribution in [1.29, 1.82) is 0 Å². The molecule has 0 atom stereocenters. The van der Waals surface area contributed by atoms with E-state index in [1.54, 1.807) is 30.3 Å². The van der Waals surface area contributed by atoms with Crippen molar-refractivity contribution >= 4 is 46.9 Å². The second-order valence-corrected chi connectivity index (χ2v) is 7.86. The number of nitrogens with one attached hydrogen (secondary N) is 1. The van der Waals surface area contributed by atoms with Crippen LogP contribution in [0, 0.1) is 5.82 Å². The third kappa shape index (κ3) is 4.09. The molecule has 29 heavy (non-hydrogen) atoms. The summed E-state index contributed by atoms with van der Waals surface area (Å²) >= 11 is 12.0. The molecule has 2 aliphatic heterocycles. The lowest BCUT2D eigenvalue weighted by atomic mass is 10.1. The standard InChI is InChI=1S/C21H18Cl2FN3O2/c22-15-5-4-14(16(23)11-15)12-27-20(28)18(25-21(27)29)10-13-3-6-19(17(24)9-13)26-7-1-2-8-26/h3-6,9-11H,1-2,7-8,12H2,(H,25,29). The number of benzene rings is 2. The Morgan fingerprint density at radius 3 is 2.52 bits per heavy atom. The van der Waals surface area contributed by atoms with Crippen LogP contribution in [0.4, 0.5) is 14.9 Å². The van der Waals surface area contributed by atoms with Crippen molar-refractivity contribution in [3.05, 3.63) is 69.1 Å². The van der Waals surface area contributed by atoms with Gasteiger partial charge >= 0.3 is 6.03 Å². The Bertz CT molecular complexity index is 1020. The molecule has 2 aromatic carbocycles. The van der Waals surface area contributed by atoms with Gasteiger partial charge in [0.2, 0.25) is 0 Å². The van der Waals surface area contributed by atoms with Crippen molar-refractivity contribution in [1.82, 2.24) is 10.2 Å². The van der Waals surface area contributed by atoms with Crippen LogP contribution in [0.1, 0.15) is 24.0 Å². The number of urea groups is 1. The number of imide groups is 1. The van der Waals surface area contributed by atoms with Crippen molar-refractivity contribution in [3.8, 4) is 0 Å². The highest BCUT2D eigenvalue weighted by atomic mass is 35.5. The zero-order valence-electron chi connectivity index (χ0n) is 15.4. The molecule has 2 aliphatic rings. The molecule has 0 bridgehead atoms. The molecule has 3 amide bonds. The van der Waals surface area contributed by atoms with Crippen molar-refractivity contribution in [2.75, 3.05) is 18.0 Å². The number of nitrogens with zero attached hydrogens (tertiary/aromatic N) is 2. The first-order valence-electron chi connectivity index (χ1n) is 9.25. The Labute approximate surface area is 177 Å². The van der Waals surface area contributed by atoms with Gasteiger partial charge < -0.3 is 10.2 Å². The van der Waals surface area contributed by atoms with E-state index in [2.05, 4.69) is 5.32 Å². The zero-order valence-corrected chi connectivity index (χ0v) is 16.9. The summed E-state index contributed by atoms with van der Waals surface area (Å²) < 4.78 is 14.5. The minimum absolute atomic E-state index is 0.0142. The van der Waals surface area contributed by atoms with Gasteiger partial charge in [0, 0.05) is 23.1 Å². The Balaban J connectivity index is 1.53. The average Bonchev–Trinajstić information content (AvgIpc) is 3.28. The number of halogens is 3. The van der Waals surface area contributed by atoms with E-state index in [9.17, 15) is 14.0 Å². The lowest BCUT2D eigenvalue weighted by Crippen LogP contribution is -2.30. The first-order chi connectivity index (χ1) is 13.9. The maximum Gasteiger partial charge on any atom is 0.329 e. The third-order valence-electron chi connectivity index (χ3n) is 5.04. The molecule has 2 heterocycles. The van der Waals surface area contributed by atoms with Crippen LogP contribution in [-0.4, -0.2) is 29.9 Å². The molecule has 8 heteroatoms. The number of hydrogen-bond donors (Lipinski definition) is 1. The summed E-state index contributed by atoms with van der Waals surface area (Å²) in [5, 5.41) is 3.38. The normalized spacial score (nSPS) is 18.1. The van der Waals surface area contributed by atoms with Gasteiger partial charge in [-0.25, -0.2) is 9.18 Å². The molecule has 2 aromatic rings. The van der Waals surface area contributed by atoms with Gasteiger partial charge in [-0.1, -0.05) is 35.3 Å². The van der Waals surface area contributed by atoms with Gasteiger partial charge in [-0.15, -0.1) is 0 Å². The summed E-state index contributed by atoms with van der Waals surface area (Å²) in [4.78, 5) is 28.0. The van der Waals surface area contributed by atoms with Crippen molar-refractivity contribution in [2.24, 2.45) is 0 Å². The van der Waals surface area contributed by atoms with Crippen LogP contribution < -0.4 is 10.2 Å². The highest BCUT2D eigenvalue weighted by molar-refractivity contribution is 6.35. The van der Waals surface area contributed by atoms with Gasteiger partial charge in [0.15, 0.2) is 0 Å². The lowest BCUT2D eigenvalue weighted by molar-refractivity contribution is -0.123. The maximum atomic E-state index is 14.5. The summed E-state index contributed by atoms with van der Waals surface area (Å²) in [5.41, 5.74) is 1.75. The van der Waals surface area contributed by atoms with Crippen LogP contribution >= 0.6 is 23.2 Å². The average molecular weight is 434 g/mol. The Morgan fingerprint density at radius 1 is 1.07 bits per heavy atom. The molecule has 0 unspecified atom stereocenters. The van der Waals surface area contributed by atoms with Crippen molar-refractivity contribution in [3.63, 3.8) is 0 Å². The molecule has 0 saturated carbocycles. The van der Waals surface area contributed by atoms with E-state index in [-0.39, 0.29) is 18.1 Å². The van der Waals surface area contributed by atoms with Gasteiger partial charge in [-0.05, 0) is 54.3 Å². The molecular weight excluding hydrogens is 416 g/mol. The van der Waals surface area contributed by atoms with Gasteiger partial charge in [0.05, 0.1) is 12.2 Å². The third-order valence-corrected chi connectivity index (χ3v) is 5.62. The highest BCUT2D eigenvalue weighted by Gasteiger charge is 2.34. The van der Waals surface area contributed by atoms with E-state index < -0.39 is 11.9 Å². The summed E-state index contributed by atoms with van der Waals surface area (Å²) in [7, 11) is 0. The fourth-order valence-electron chi connectivity index (χ4n) is 3.53. The lowest BCUT2D eigenvalue weighted by Gasteiger charge is -2.18. The molecule has 150 valence electrons. The van der Waals surface area contributed by atoms with Crippen molar-refractivity contribution < 1.29 is 14.0 Å². The van der Waals surface area contributed by atoms with Gasteiger partial charge in [0.25, 0.3) is 5.91 Å². The Morgan fingerprint density at radius 2 is 1.83 bits per heavy atom. The van der Waals surface area contributed by atoms with Gasteiger partial charge in [-0.2, -0.15) is 0 Å². The summed E-state index contributed by atoms with van der Waals surface area (Å²) in [5.74, 6) is -0.840. The predicted octanol–water partition coefficient (Wildman–Crippen LogP) is 4.83. The molecule has 0 aliphatic carbocycles. The van der Waals surface area contributed by atoms with E-state index in [0.717, 1.165) is 30.8 Å². The summed E-state index contributed by atoms with van der Waals surface area (Å²) in [6.07, 6.45) is 3.58. The van der Waals surface area contributed by atoms with E-state index in [1.807, 2.05) is 4.90 Å². The van der Waals surface area contributed by atoms with Crippen molar-refractivity contribution in [2.45, 2.75) is 19.4 Å². The minimum atomic E-state index is -0.554. The molecule has 2 saturated heterocycles. The Kier molecular flexibility index (Phi) is 5.48. The first-order valence-corrected chi connectivity index (χ1v) is 10.0. The summed E-state index contributed by atoms with van der Waals surface area (Å²) in [6.45, 7) is 1.70. The number of anilines is 1. The number of carbonyl (C=O) groups excluding carboxylic acids is 2. The predicted molar refractivity (Wildman–Crippen MR) is 111 cm³/mol. The maximum absolute atomic E-state index is 14.5. The quantitative estimate of drug-likeness (QED) is 0.554. The number of hydrogen-bond acceptors (Lipinski definition) is 3. The molecular formula is C21H18Cl2FN3O2. The fraction of sp³-hybridized carbons (Fsp3) is 0.238. The topological polar surface area (TPSA) is 52.7 Å². The molecule has 5 nitrogen and oxygen atoms in total. The Hall–Kier alpha value is -2.57. The van der Waals surface area contributed by atoms with E-state index in [1.165, 1.54) is 12.1 Å². The van der Waals surface area contributed by atoms with Crippen LogP contribution in [0.3, 0.4) is 0 Å². The van der Waals surface area contributed by atoms with Crippen LogP contribution in [-0.2, 0) is 11.3 Å². The first kappa shape index (κ1) is 19.7. The second kappa shape index (κ2) is 8.05. The highest BCUT2D eigenvalue weighted by Crippen LogP contribution is 2.27. The molecule has 1 N–H and O–H groups in total. The molecule has 0 radical (unpaired) electrons. The van der Waals surface area contributed by atoms with Crippen LogP contribution in [0.15, 0.2) is 42.1 Å². The number of rotatable bonds is 4. The number of amides is 3. The van der Waals surface area contributed by atoms with E-state index in [0.29, 0.717) is 26.9 Å². The van der Waals surface area contributed by atoms with Crippen LogP contribution in [0.25, 0.3) is 6.08 Å². The SMILES string of the molecule is O=C1NC(=Cc2ccc(N3CCCC3)c(F)c2)C(=O)N1Cc1ccc(Cl)cc1Cl. The largest absolute Gasteiger partial charge is 0.369 e. The monoisotopic (exact) mass is 433 g/mol. The summed E-state index contributed by atoms with van der Waals surface area (Å²) in [6, 6.07) is 9.13. The second-order valence-electron chi connectivity index (χ2n) is 7.02. The molecule has 0 spiro atoms. The van der Waals surface area contributed by atoms with Crippen LogP contribution in [0.5, 0.6) is 0 Å². The smallest absolute Gasteiger partial charge is 0.329 e. The minimum Gasteiger partial charge on any atom is -0.369 e. The zero-order chi connectivity index (χ0) is 20.5. The van der Waals surface area contributed by atoms with Crippen LogP contribution in [0.2, 0.25) is 10.0 Å². The van der Waals surface area contributed by atoms with E-state index >= 15 is 0 Å².